The van der Waals surface area contributed by atoms with Crippen LogP contribution < -0.4 is 15.4 Å². The highest BCUT2D eigenvalue weighted by Crippen LogP contribution is 2.35. The highest BCUT2D eigenvalue weighted by molar-refractivity contribution is 7.20. The van der Waals surface area contributed by atoms with Crippen LogP contribution in [0.5, 0.6) is 5.75 Å². The molecule has 0 unspecified atom stereocenters. The number of benzene rings is 1. The quantitative estimate of drug-likeness (QED) is 0.482. The van der Waals surface area contributed by atoms with Crippen LogP contribution in [0.2, 0.25) is 0 Å². The number of methoxy groups -OCH3 is 1. The Bertz CT molecular complexity index is 1060. The molecule has 0 radical (unpaired) electrons. The third-order valence-corrected chi connectivity index (χ3v) is 5.95. The fourth-order valence-corrected chi connectivity index (χ4v) is 4.12. The van der Waals surface area contributed by atoms with E-state index in [0.717, 1.165) is 4.88 Å². The number of amides is 2. The Hall–Kier alpha value is -1.91. The lowest BCUT2D eigenvalue weighted by Gasteiger charge is -2.08. The molecule has 0 spiro atoms. The SMILES string of the molecule is COc1ccccc1C(=O)Nc1nc(C)c(-c2csc(NC(=O)C(Cl)(Cl)Cl)n2)s1. The lowest BCUT2D eigenvalue weighted by atomic mass is 10.2. The molecule has 2 N–H and O–H groups in total. The van der Waals surface area contributed by atoms with Gasteiger partial charge in [-0.25, -0.2) is 9.97 Å². The average Bonchev–Trinajstić information content (AvgIpc) is 3.27. The molecule has 3 aromatic rings. The number of para-hydroxylation sites is 1. The van der Waals surface area contributed by atoms with Gasteiger partial charge in [-0.1, -0.05) is 58.3 Å². The van der Waals surface area contributed by atoms with Crippen molar-refractivity contribution in [3.63, 3.8) is 0 Å². The van der Waals surface area contributed by atoms with Crippen molar-refractivity contribution in [2.75, 3.05) is 17.7 Å². The van der Waals surface area contributed by atoms with Gasteiger partial charge in [-0.15, -0.1) is 11.3 Å². The van der Waals surface area contributed by atoms with Crippen LogP contribution >= 0.6 is 57.5 Å². The van der Waals surface area contributed by atoms with Gasteiger partial charge < -0.3 is 4.74 Å². The Kier molecular flexibility index (Phi) is 6.65. The summed E-state index contributed by atoms with van der Waals surface area (Å²) in [7, 11) is 1.50. The number of rotatable bonds is 5. The Balaban J connectivity index is 1.77. The Labute approximate surface area is 189 Å². The molecule has 1 aromatic carbocycles. The van der Waals surface area contributed by atoms with Crippen molar-refractivity contribution in [2.24, 2.45) is 0 Å². The molecule has 0 atom stereocenters. The minimum absolute atomic E-state index is 0.281. The van der Waals surface area contributed by atoms with E-state index in [4.69, 9.17) is 39.5 Å². The first kappa shape index (κ1) is 21.8. The summed E-state index contributed by atoms with van der Waals surface area (Å²) in [6.07, 6.45) is 0. The van der Waals surface area contributed by atoms with Crippen LogP contribution in [0.1, 0.15) is 16.1 Å². The molecule has 2 amide bonds. The molecule has 3 rings (SSSR count). The molecule has 0 saturated heterocycles. The van der Waals surface area contributed by atoms with E-state index in [1.54, 1.807) is 36.6 Å². The Morgan fingerprint density at radius 1 is 1.10 bits per heavy atom. The first-order valence-electron chi connectivity index (χ1n) is 7.95. The molecule has 12 heteroatoms. The zero-order chi connectivity index (χ0) is 21.2. The summed E-state index contributed by atoms with van der Waals surface area (Å²) >= 11 is 19.1. The van der Waals surface area contributed by atoms with E-state index < -0.39 is 9.70 Å². The summed E-state index contributed by atoms with van der Waals surface area (Å²) < 4.78 is 3.13. The number of carbonyl (C=O) groups excluding carboxylic acids is 2. The van der Waals surface area contributed by atoms with E-state index in [9.17, 15) is 9.59 Å². The number of thiazole rings is 2. The summed E-state index contributed by atoms with van der Waals surface area (Å²) in [5.74, 6) is -0.668. The number of anilines is 2. The molecular weight excluding hydrogens is 479 g/mol. The predicted octanol–water partition coefficient (Wildman–Crippen LogP) is 5.14. The molecule has 7 nitrogen and oxygen atoms in total. The molecule has 29 heavy (non-hydrogen) atoms. The Morgan fingerprint density at radius 3 is 2.52 bits per heavy atom. The van der Waals surface area contributed by atoms with Crippen molar-refractivity contribution in [3.8, 4) is 16.3 Å². The summed E-state index contributed by atoms with van der Waals surface area (Å²) in [6.45, 7) is 1.80. The molecule has 152 valence electrons. The summed E-state index contributed by atoms with van der Waals surface area (Å²) in [4.78, 5) is 33.7. The molecule has 0 bridgehead atoms. The summed E-state index contributed by atoms with van der Waals surface area (Å²) in [6, 6.07) is 6.90. The van der Waals surface area contributed by atoms with Gasteiger partial charge in [0.2, 0.25) is 0 Å². The van der Waals surface area contributed by atoms with E-state index >= 15 is 0 Å². The van der Waals surface area contributed by atoms with Crippen molar-refractivity contribution in [3.05, 3.63) is 40.9 Å². The summed E-state index contributed by atoms with van der Waals surface area (Å²) in [5, 5.41) is 7.63. The highest BCUT2D eigenvalue weighted by atomic mass is 35.6. The van der Waals surface area contributed by atoms with Gasteiger partial charge in [0.25, 0.3) is 15.6 Å². The standard InChI is InChI=1S/C17H13Cl3N4O3S2/c1-8-12(10-7-28-15(22-10)24-14(26)17(18,19)20)29-16(21-8)23-13(25)9-5-3-4-6-11(9)27-2/h3-7H,1-2H3,(H,21,23,25)(H,22,24,26). The van der Waals surface area contributed by atoms with Gasteiger partial charge >= 0.3 is 0 Å². The van der Waals surface area contributed by atoms with E-state index in [-0.39, 0.29) is 11.0 Å². The largest absolute Gasteiger partial charge is 0.496 e. The topological polar surface area (TPSA) is 93.2 Å². The highest BCUT2D eigenvalue weighted by Gasteiger charge is 2.31. The number of halogens is 3. The minimum Gasteiger partial charge on any atom is -0.496 e. The molecular formula is C17H13Cl3N4O3S2. The fraction of sp³-hybridized carbons (Fsp3) is 0.176. The predicted molar refractivity (Wildman–Crippen MR) is 118 cm³/mol. The van der Waals surface area contributed by atoms with Crippen LogP contribution in [0.25, 0.3) is 10.6 Å². The summed E-state index contributed by atoms with van der Waals surface area (Å²) in [5.41, 5.74) is 1.66. The number of hydrogen-bond donors (Lipinski definition) is 2. The van der Waals surface area contributed by atoms with Crippen LogP contribution in [0.15, 0.2) is 29.6 Å². The number of carbonyl (C=O) groups is 2. The number of nitrogens with zero attached hydrogens (tertiary/aromatic N) is 2. The van der Waals surface area contributed by atoms with Gasteiger partial charge in [0, 0.05) is 5.38 Å². The number of alkyl halides is 3. The zero-order valence-electron chi connectivity index (χ0n) is 15.0. The number of ether oxygens (including phenoxy) is 1. The molecule has 0 aliphatic heterocycles. The second-order valence-electron chi connectivity index (χ2n) is 5.58. The van der Waals surface area contributed by atoms with Crippen molar-refractivity contribution in [1.29, 1.82) is 0 Å². The monoisotopic (exact) mass is 490 g/mol. The number of nitrogens with one attached hydrogen (secondary N) is 2. The third-order valence-electron chi connectivity index (χ3n) is 3.58. The zero-order valence-corrected chi connectivity index (χ0v) is 18.9. The van der Waals surface area contributed by atoms with Crippen LogP contribution in [-0.2, 0) is 4.79 Å². The first-order chi connectivity index (χ1) is 13.7. The molecule has 2 aromatic heterocycles. The van der Waals surface area contributed by atoms with E-state index in [2.05, 4.69) is 20.6 Å². The van der Waals surface area contributed by atoms with Gasteiger partial charge in [-0.3, -0.25) is 20.2 Å². The Morgan fingerprint density at radius 2 is 1.83 bits per heavy atom. The van der Waals surface area contributed by atoms with Gasteiger partial charge in [-0.2, -0.15) is 0 Å². The normalized spacial score (nSPS) is 11.2. The van der Waals surface area contributed by atoms with Crippen molar-refractivity contribution >= 4 is 79.6 Å². The number of aromatic nitrogens is 2. The van der Waals surface area contributed by atoms with Crippen LogP contribution in [-0.4, -0.2) is 32.7 Å². The fourth-order valence-electron chi connectivity index (χ4n) is 2.29. The van der Waals surface area contributed by atoms with Crippen LogP contribution in [0, 0.1) is 6.92 Å². The first-order valence-corrected chi connectivity index (χ1v) is 10.8. The van der Waals surface area contributed by atoms with Gasteiger partial charge in [-0.05, 0) is 19.1 Å². The minimum atomic E-state index is -2.08. The molecule has 0 aliphatic rings. The van der Waals surface area contributed by atoms with Gasteiger partial charge in [0.05, 0.1) is 28.9 Å². The van der Waals surface area contributed by atoms with Gasteiger partial charge in [0.1, 0.15) is 5.75 Å². The maximum Gasteiger partial charge on any atom is 0.278 e. The maximum absolute atomic E-state index is 12.5. The molecule has 0 fully saturated rings. The van der Waals surface area contributed by atoms with Crippen molar-refractivity contribution in [2.45, 2.75) is 10.7 Å². The molecule has 2 heterocycles. The van der Waals surface area contributed by atoms with Gasteiger partial charge in [0.15, 0.2) is 10.3 Å². The third kappa shape index (κ3) is 5.18. The molecule has 0 saturated carbocycles. The van der Waals surface area contributed by atoms with E-state index in [1.807, 2.05) is 0 Å². The van der Waals surface area contributed by atoms with Crippen LogP contribution in [0.4, 0.5) is 10.3 Å². The van der Waals surface area contributed by atoms with E-state index in [1.165, 1.54) is 29.8 Å². The molecule has 0 aliphatic carbocycles. The van der Waals surface area contributed by atoms with E-state index in [0.29, 0.717) is 27.8 Å². The lowest BCUT2D eigenvalue weighted by Crippen LogP contribution is -2.26. The lowest BCUT2D eigenvalue weighted by molar-refractivity contribution is -0.115. The maximum atomic E-state index is 12.5. The second-order valence-corrected chi connectivity index (χ2v) is 9.72. The average molecular weight is 492 g/mol. The second kappa shape index (κ2) is 8.85. The van der Waals surface area contributed by atoms with Crippen molar-refractivity contribution in [1.82, 2.24) is 9.97 Å². The van der Waals surface area contributed by atoms with Crippen molar-refractivity contribution < 1.29 is 14.3 Å². The smallest absolute Gasteiger partial charge is 0.278 e. The number of aryl methyl sites for hydroxylation is 1. The van der Waals surface area contributed by atoms with Crippen LogP contribution in [0.3, 0.4) is 0 Å². The number of hydrogen-bond acceptors (Lipinski definition) is 7.